The normalized spacial score (nSPS) is 28.7. The van der Waals surface area contributed by atoms with E-state index in [2.05, 4.69) is 20.8 Å². The van der Waals surface area contributed by atoms with E-state index < -0.39 is 0 Å². The van der Waals surface area contributed by atoms with E-state index in [1.54, 1.807) is 0 Å². The third kappa shape index (κ3) is 1.81. The summed E-state index contributed by atoms with van der Waals surface area (Å²) in [5.41, 5.74) is 1.18. The Balaban J connectivity index is 1.61. The van der Waals surface area contributed by atoms with Gasteiger partial charge in [0.2, 0.25) is 0 Å². The average molecular weight is 270 g/mol. The van der Waals surface area contributed by atoms with Gasteiger partial charge in [-0.15, -0.1) is 0 Å². The molecule has 0 radical (unpaired) electrons. The van der Waals surface area contributed by atoms with E-state index in [-0.39, 0.29) is 11.6 Å². The first-order valence-electron chi connectivity index (χ1n) is 7.29. The van der Waals surface area contributed by atoms with Gasteiger partial charge in [0, 0.05) is 11.4 Å². The van der Waals surface area contributed by atoms with E-state index >= 15 is 0 Å². The number of fused-ring (bicyclic) bond motifs is 3. The van der Waals surface area contributed by atoms with Gasteiger partial charge in [-0.25, -0.2) is 0 Å². The summed E-state index contributed by atoms with van der Waals surface area (Å²) in [7, 11) is 0. The van der Waals surface area contributed by atoms with Crippen LogP contribution in [0.1, 0.15) is 42.6 Å². The van der Waals surface area contributed by atoms with Gasteiger partial charge in [0.05, 0.1) is 11.2 Å². The Labute approximate surface area is 117 Å². The number of para-hydroxylation sites is 1. The highest BCUT2D eigenvalue weighted by atomic mass is 16.2. The van der Waals surface area contributed by atoms with E-state index in [9.17, 15) is 4.79 Å². The molecule has 20 heavy (non-hydrogen) atoms. The van der Waals surface area contributed by atoms with Crippen LogP contribution in [0.4, 0.5) is 0 Å². The Kier molecular flexibility index (Phi) is 2.57. The van der Waals surface area contributed by atoms with Crippen molar-refractivity contribution in [3.63, 3.8) is 0 Å². The lowest BCUT2D eigenvalue weighted by Crippen LogP contribution is -2.58. The van der Waals surface area contributed by atoms with Crippen molar-refractivity contribution < 1.29 is 4.79 Å². The monoisotopic (exact) mass is 270 g/mol. The van der Waals surface area contributed by atoms with Gasteiger partial charge in [0.25, 0.3) is 5.91 Å². The maximum absolute atomic E-state index is 12.5. The number of aromatic amines is 1. The number of hydrogen-bond acceptors (Lipinski definition) is 3. The zero-order chi connectivity index (χ0) is 13.6. The highest BCUT2D eigenvalue weighted by Crippen LogP contribution is 2.33. The number of amides is 1. The molecule has 5 nitrogen and oxygen atoms in total. The quantitative estimate of drug-likeness (QED) is 0.781. The Bertz CT molecular complexity index is 661. The van der Waals surface area contributed by atoms with Gasteiger partial charge in [0.1, 0.15) is 0 Å². The number of rotatable bonds is 2. The van der Waals surface area contributed by atoms with Gasteiger partial charge in [-0.05, 0) is 38.2 Å². The van der Waals surface area contributed by atoms with Crippen LogP contribution in [-0.2, 0) is 0 Å². The van der Waals surface area contributed by atoms with Gasteiger partial charge >= 0.3 is 0 Å². The molecular formula is C15H18N4O. The number of nitrogens with one attached hydrogen (secondary N) is 3. The number of nitrogens with zero attached hydrogens (tertiary/aromatic N) is 1. The molecule has 2 aromatic rings. The molecule has 2 fully saturated rings. The Morgan fingerprint density at radius 2 is 2.20 bits per heavy atom. The van der Waals surface area contributed by atoms with E-state index in [4.69, 9.17) is 0 Å². The molecule has 104 valence electrons. The molecule has 3 heterocycles. The molecular weight excluding hydrogens is 252 g/mol. The number of carbonyl (C=O) groups is 1. The van der Waals surface area contributed by atoms with Gasteiger partial charge in [0.15, 0.2) is 5.69 Å². The van der Waals surface area contributed by atoms with Gasteiger partial charge in [-0.1, -0.05) is 18.2 Å². The third-order valence-corrected chi connectivity index (χ3v) is 4.59. The summed E-state index contributed by atoms with van der Waals surface area (Å²) in [6, 6.07) is 8.29. The molecule has 0 spiro atoms. The second-order valence-corrected chi connectivity index (χ2v) is 5.93. The minimum absolute atomic E-state index is 0.0856. The standard InChI is InChI=1S/C15H18N4O/c20-14(13-11-5-1-2-6-12(11)18-19-13)17-15-8-3-4-10(16-15)7-9-15/h1-2,5-6,10,16H,3-4,7-9H2,(H,17,20)(H,18,19). The SMILES string of the molecule is O=C(NC12CCCC(CC1)N2)c1n[nH]c2ccccc12. The van der Waals surface area contributed by atoms with Crippen molar-refractivity contribution in [3.8, 4) is 0 Å². The van der Waals surface area contributed by atoms with Crippen molar-refractivity contribution in [3.05, 3.63) is 30.0 Å². The Hall–Kier alpha value is -1.88. The van der Waals surface area contributed by atoms with Crippen LogP contribution >= 0.6 is 0 Å². The van der Waals surface area contributed by atoms with Crippen LogP contribution in [0.2, 0.25) is 0 Å². The van der Waals surface area contributed by atoms with E-state index in [0.717, 1.165) is 30.2 Å². The van der Waals surface area contributed by atoms with Crippen molar-refractivity contribution in [1.29, 1.82) is 0 Å². The molecule has 2 unspecified atom stereocenters. The lowest BCUT2D eigenvalue weighted by Gasteiger charge is -2.35. The summed E-state index contributed by atoms with van der Waals surface area (Å²) >= 11 is 0. The molecule has 0 aliphatic carbocycles. The molecule has 2 atom stereocenters. The van der Waals surface area contributed by atoms with Crippen LogP contribution < -0.4 is 10.6 Å². The zero-order valence-corrected chi connectivity index (χ0v) is 11.3. The average Bonchev–Trinajstić information content (AvgIpc) is 3.00. The van der Waals surface area contributed by atoms with Crippen LogP contribution in [0.25, 0.3) is 10.9 Å². The van der Waals surface area contributed by atoms with Crippen LogP contribution in [-0.4, -0.2) is 27.8 Å². The maximum atomic E-state index is 12.5. The maximum Gasteiger partial charge on any atom is 0.273 e. The first-order chi connectivity index (χ1) is 9.76. The van der Waals surface area contributed by atoms with Crippen molar-refractivity contribution in [2.45, 2.75) is 43.8 Å². The Morgan fingerprint density at radius 1 is 1.30 bits per heavy atom. The predicted octanol–water partition coefficient (Wildman–Crippen LogP) is 1.92. The minimum Gasteiger partial charge on any atom is -0.333 e. The van der Waals surface area contributed by atoms with Crippen molar-refractivity contribution >= 4 is 16.8 Å². The number of carbonyl (C=O) groups excluding carboxylic acids is 1. The first-order valence-corrected chi connectivity index (χ1v) is 7.29. The molecule has 1 aromatic heterocycles. The van der Waals surface area contributed by atoms with E-state index in [1.165, 1.54) is 12.8 Å². The smallest absolute Gasteiger partial charge is 0.273 e. The zero-order valence-electron chi connectivity index (χ0n) is 11.3. The van der Waals surface area contributed by atoms with Gasteiger partial charge in [-0.2, -0.15) is 5.10 Å². The number of aromatic nitrogens is 2. The molecule has 2 aliphatic heterocycles. The fourth-order valence-electron chi connectivity index (χ4n) is 3.59. The lowest BCUT2D eigenvalue weighted by atomic mass is 9.99. The van der Waals surface area contributed by atoms with Crippen LogP contribution in [0.5, 0.6) is 0 Å². The van der Waals surface area contributed by atoms with Crippen LogP contribution in [0.15, 0.2) is 24.3 Å². The lowest BCUT2D eigenvalue weighted by molar-refractivity contribution is 0.0859. The number of H-pyrrole nitrogens is 1. The molecule has 2 saturated heterocycles. The predicted molar refractivity (Wildman–Crippen MR) is 76.3 cm³/mol. The third-order valence-electron chi connectivity index (χ3n) is 4.59. The molecule has 1 aromatic carbocycles. The van der Waals surface area contributed by atoms with Crippen molar-refractivity contribution in [2.24, 2.45) is 0 Å². The summed E-state index contributed by atoms with van der Waals surface area (Å²) in [5, 5.41) is 14.7. The first kappa shape index (κ1) is 11.9. The summed E-state index contributed by atoms with van der Waals surface area (Å²) < 4.78 is 0. The van der Waals surface area contributed by atoms with Crippen molar-refractivity contribution in [2.75, 3.05) is 0 Å². The fraction of sp³-hybridized carbons (Fsp3) is 0.467. The topological polar surface area (TPSA) is 69.8 Å². The molecule has 5 heteroatoms. The van der Waals surface area contributed by atoms with Gasteiger partial charge in [-0.3, -0.25) is 15.2 Å². The molecule has 4 rings (SSSR count). The molecule has 2 aliphatic rings. The van der Waals surface area contributed by atoms with Crippen LogP contribution in [0.3, 0.4) is 0 Å². The van der Waals surface area contributed by atoms with E-state index in [0.29, 0.717) is 11.7 Å². The second-order valence-electron chi connectivity index (χ2n) is 5.93. The molecule has 1 amide bonds. The number of piperidine rings is 1. The largest absolute Gasteiger partial charge is 0.333 e. The summed E-state index contributed by atoms with van der Waals surface area (Å²) in [6.07, 6.45) is 5.59. The minimum atomic E-state index is -0.208. The molecule has 0 saturated carbocycles. The summed E-state index contributed by atoms with van der Waals surface area (Å²) in [4.78, 5) is 12.5. The Morgan fingerprint density at radius 3 is 3.15 bits per heavy atom. The molecule has 2 bridgehead atoms. The summed E-state index contributed by atoms with van der Waals surface area (Å²) in [5.74, 6) is -0.0856. The number of hydrogen-bond donors (Lipinski definition) is 3. The molecule has 3 N–H and O–H groups in total. The van der Waals surface area contributed by atoms with Crippen LogP contribution in [0, 0.1) is 0 Å². The van der Waals surface area contributed by atoms with Gasteiger partial charge < -0.3 is 5.32 Å². The van der Waals surface area contributed by atoms with E-state index in [1.807, 2.05) is 24.3 Å². The fourth-order valence-corrected chi connectivity index (χ4v) is 3.59. The summed E-state index contributed by atoms with van der Waals surface area (Å²) in [6.45, 7) is 0. The van der Waals surface area contributed by atoms with Crippen molar-refractivity contribution in [1.82, 2.24) is 20.8 Å². The highest BCUT2D eigenvalue weighted by molar-refractivity contribution is 6.04. The highest BCUT2D eigenvalue weighted by Gasteiger charge is 2.42. The number of benzene rings is 1. The second kappa shape index (κ2) is 4.31.